The van der Waals surface area contributed by atoms with Gasteiger partial charge >= 0.3 is 33.0 Å². The fourth-order valence-corrected chi connectivity index (χ4v) is 6.69. The summed E-state index contributed by atoms with van der Waals surface area (Å²) in [6.07, 6.45) is 0. The summed E-state index contributed by atoms with van der Waals surface area (Å²) in [5.74, 6) is 0. The Balaban J connectivity index is 0.000000329. The van der Waals surface area contributed by atoms with Crippen molar-refractivity contribution >= 4 is 83.5 Å². The number of hydrogen-bond donors (Lipinski definition) is 0. The summed E-state index contributed by atoms with van der Waals surface area (Å²) in [5.41, 5.74) is 3.74. The van der Waals surface area contributed by atoms with E-state index in [0.29, 0.717) is 0 Å². The standard InChI is InChI=1S/C33H18N.F6P/c1-2-9-21(10-3-1)34-26-17-15-19-7-4-11-22-24-13-6-14-25-23-12-5-8-20-16-18-27(34)32(29(20)23)33(30(24)25)31(26)28(19)22;1-7(2,3,4,5)6/h1-18H;/q+1;-1. The maximum Gasteiger partial charge on any atom is 0.220 e. The van der Waals surface area contributed by atoms with Gasteiger partial charge in [0, 0.05) is 40.4 Å². The second-order valence-corrected chi connectivity index (χ2v) is 12.4. The van der Waals surface area contributed by atoms with Crippen LogP contribution in [0.2, 0.25) is 0 Å². The molecule has 8 aromatic carbocycles. The quantitative estimate of drug-likeness (QED) is 0.0605. The van der Waals surface area contributed by atoms with Crippen LogP contribution in [0.3, 0.4) is 0 Å². The van der Waals surface area contributed by atoms with E-state index in [9.17, 15) is 25.2 Å². The molecule has 1 aromatic heterocycles. The van der Waals surface area contributed by atoms with Crippen LogP contribution in [-0.2, 0) is 0 Å². The summed E-state index contributed by atoms with van der Waals surface area (Å²) in [7, 11) is -10.7. The maximum absolute atomic E-state index is 10.7. The average molecular weight is 573 g/mol. The van der Waals surface area contributed by atoms with Crippen LogP contribution in [0.4, 0.5) is 25.2 Å². The van der Waals surface area contributed by atoms with Gasteiger partial charge in [-0.2, -0.15) is 4.57 Å². The van der Waals surface area contributed by atoms with Crippen molar-refractivity contribution in [3.05, 3.63) is 109 Å². The van der Waals surface area contributed by atoms with Gasteiger partial charge in [-0.1, -0.05) is 72.8 Å². The van der Waals surface area contributed by atoms with Crippen molar-refractivity contribution in [3.8, 4) is 5.69 Å². The number of rotatable bonds is 1. The van der Waals surface area contributed by atoms with Crippen LogP contribution < -0.4 is 4.57 Å². The van der Waals surface area contributed by atoms with Gasteiger partial charge in [-0.25, -0.2) is 0 Å². The zero-order chi connectivity index (χ0) is 28.4. The van der Waals surface area contributed by atoms with Crippen molar-refractivity contribution < 1.29 is 29.7 Å². The van der Waals surface area contributed by atoms with Crippen molar-refractivity contribution in [2.24, 2.45) is 0 Å². The minimum atomic E-state index is -10.7. The number of fused-ring (bicyclic) bond motifs is 2. The molecular formula is C33H18F6NP. The van der Waals surface area contributed by atoms with Crippen LogP contribution in [0.1, 0.15) is 0 Å². The third-order valence-corrected chi connectivity index (χ3v) is 7.94. The molecule has 202 valence electrons. The van der Waals surface area contributed by atoms with Crippen LogP contribution in [0, 0.1) is 0 Å². The third kappa shape index (κ3) is 3.72. The van der Waals surface area contributed by atoms with Gasteiger partial charge in [-0.15, -0.1) is 0 Å². The largest absolute Gasteiger partial charge is 0.220 e. The third-order valence-electron chi connectivity index (χ3n) is 7.94. The molecule has 41 heavy (non-hydrogen) atoms. The van der Waals surface area contributed by atoms with E-state index in [1.807, 2.05) is 0 Å². The number of pyridine rings is 1. The molecule has 0 atom stereocenters. The molecular weight excluding hydrogens is 555 g/mol. The van der Waals surface area contributed by atoms with E-state index in [0.717, 1.165) is 0 Å². The molecule has 0 aliphatic carbocycles. The molecule has 0 unspecified atom stereocenters. The molecule has 0 saturated heterocycles. The van der Waals surface area contributed by atoms with Crippen LogP contribution in [-0.4, -0.2) is 0 Å². The predicted octanol–water partition coefficient (Wildman–Crippen LogP) is 11.7. The Morgan fingerprint density at radius 3 is 1.24 bits per heavy atom. The Kier molecular flexibility index (Phi) is 4.29. The SMILES string of the molecule is F[P-](F)(F)(F)(F)F.c1ccc(-[n+]2c3ccc4cccc5c6cccc7c8cccc9ccc2c(c98)c(c67)c3c45)cc1. The van der Waals surface area contributed by atoms with Gasteiger partial charge in [-0.05, 0) is 49.8 Å². The summed E-state index contributed by atoms with van der Waals surface area (Å²) in [4.78, 5) is 0. The first-order valence-corrected chi connectivity index (χ1v) is 14.9. The number of nitrogens with zero attached hydrogens (tertiary/aromatic N) is 1. The first-order chi connectivity index (χ1) is 19.3. The Hall–Kier alpha value is -4.48. The first-order valence-electron chi connectivity index (χ1n) is 12.9. The molecule has 0 saturated carbocycles. The number of aromatic nitrogens is 1. The van der Waals surface area contributed by atoms with E-state index in [1.165, 1.54) is 81.4 Å². The molecule has 9 aromatic rings. The summed E-state index contributed by atoms with van der Waals surface area (Å²) in [5, 5.41) is 16.3. The molecule has 0 radical (unpaired) electrons. The maximum atomic E-state index is 9.87. The van der Waals surface area contributed by atoms with E-state index in [1.54, 1.807) is 0 Å². The van der Waals surface area contributed by atoms with Crippen molar-refractivity contribution in [1.82, 2.24) is 0 Å². The summed E-state index contributed by atoms with van der Waals surface area (Å²) < 4.78 is 61.7. The summed E-state index contributed by atoms with van der Waals surface area (Å²) in [6, 6.07) is 40.4. The predicted molar refractivity (Wildman–Crippen MR) is 158 cm³/mol. The van der Waals surface area contributed by atoms with E-state index in [-0.39, 0.29) is 0 Å². The molecule has 0 aliphatic rings. The summed E-state index contributed by atoms with van der Waals surface area (Å²) >= 11 is 0. The molecule has 1 heterocycles. The van der Waals surface area contributed by atoms with Crippen molar-refractivity contribution in [3.63, 3.8) is 0 Å². The number of para-hydroxylation sites is 1. The molecule has 0 bridgehead atoms. The number of hydrogen-bond acceptors (Lipinski definition) is 0. The molecule has 0 aliphatic heterocycles. The first kappa shape index (κ1) is 24.3. The van der Waals surface area contributed by atoms with Crippen molar-refractivity contribution in [1.29, 1.82) is 0 Å². The fraction of sp³-hybridized carbons (Fsp3) is 0. The van der Waals surface area contributed by atoms with E-state index < -0.39 is 7.81 Å². The molecule has 0 N–H and O–H groups in total. The van der Waals surface area contributed by atoms with Crippen molar-refractivity contribution in [2.45, 2.75) is 0 Å². The van der Waals surface area contributed by atoms with E-state index in [4.69, 9.17) is 0 Å². The fourth-order valence-electron chi connectivity index (χ4n) is 6.69. The molecule has 8 heteroatoms. The topological polar surface area (TPSA) is 3.88 Å². The van der Waals surface area contributed by atoms with E-state index >= 15 is 0 Å². The van der Waals surface area contributed by atoms with Crippen LogP contribution >= 0.6 is 7.81 Å². The van der Waals surface area contributed by atoms with Crippen LogP contribution in [0.15, 0.2) is 109 Å². The second kappa shape index (κ2) is 7.23. The number of benzene rings is 8. The normalized spacial score (nSPS) is 14.5. The zero-order valence-electron chi connectivity index (χ0n) is 21.1. The Morgan fingerprint density at radius 2 is 0.780 bits per heavy atom. The zero-order valence-corrected chi connectivity index (χ0v) is 21.9. The van der Waals surface area contributed by atoms with Gasteiger partial charge in [0.2, 0.25) is 16.7 Å². The minimum absolute atomic E-state index is 1.20. The van der Waals surface area contributed by atoms with Gasteiger partial charge in [0.15, 0.2) is 0 Å². The molecule has 0 spiro atoms. The molecule has 1 nitrogen and oxygen atoms in total. The Bertz CT molecular complexity index is 2310. The molecule has 0 fully saturated rings. The monoisotopic (exact) mass is 573 g/mol. The van der Waals surface area contributed by atoms with E-state index in [2.05, 4.69) is 114 Å². The Morgan fingerprint density at radius 1 is 0.366 bits per heavy atom. The smallest absolute Gasteiger partial charge is 0.153 e. The second-order valence-electron chi connectivity index (χ2n) is 10.5. The van der Waals surface area contributed by atoms with Gasteiger partial charge in [-0.3, -0.25) is 0 Å². The summed E-state index contributed by atoms with van der Waals surface area (Å²) in [6.45, 7) is 0. The van der Waals surface area contributed by atoms with Gasteiger partial charge in [0.1, 0.15) is 0 Å². The minimum Gasteiger partial charge on any atom is -0.153 e. The Labute approximate surface area is 228 Å². The molecule has 0 amide bonds. The van der Waals surface area contributed by atoms with Crippen molar-refractivity contribution in [2.75, 3.05) is 0 Å². The van der Waals surface area contributed by atoms with Gasteiger partial charge in [0.05, 0.1) is 10.8 Å². The van der Waals surface area contributed by atoms with Crippen LogP contribution in [0.25, 0.3) is 81.4 Å². The molecule has 9 rings (SSSR count). The van der Waals surface area contributed by atoms with Crippen LogP contribution in [0.5, 0.6) is 0 Å². The number of halogens is 6. The van der Waals surface area contributed by atoms with Gasteiger partial charge < -0.3 is 0 Å². The average Bonchev–Trinajstić information content (AvgIpc) is 2.93. The van der Waals surface area contributed by atoms with Gasteiger partial charge in [0.25, 0.3) is 0 Å².